The number of rotatable bonds is 5. The van der Waals surface area contributed by atoms with Crippen molar-refractivity contribution in [2.24, 2.45) is 0 Å². The molecule has 2 heterocycles. The molecule has 0 atom stereocenters. The molecule has 0 amide bonds. The van der Waals surface area contributed by atoms with Crippen molar-refractivity contribution >= 4 is 27.4 Å². The third-order valence-corrected chi connectivity index (χ3v) is 4.73. The molecule has 124 valence electrons. The van der Waals surface area contributed by atoms with Crippen molar-refractivity contribution in [2.45, 2.75) is 26.9 Å². The number of hydrogen-bond acceptors (Lipinski definition) is 4. The Labute approximate surface area is 142 Å². The lowest BCUT2D eigenvalue weighted by atomic mass is 10.1. The molecular formula is C18H16FNO3S. The Morgan fingerprint density at radius 1 is 1.29 bits per heavy atom. The van der Waals surface area contributed by atoms with E-state index in [1.165, 1.54) is 17.4 Å². The maximum Gasteiger partial charge on any atom is 0.307 e. The second-order valence-corrected chi connectivity index (χ2v) is 6.51. The lowest BCUT2D eigenvalue weighted by molar-refractivity contribution is -0.136. The topological polar surface area (TPSA) is 59.4 Å². The molecule has 0 bridgehead atoms. The molecule has 0 spiro atoms. The number of halogens is 1. The fraction of sp³-hybridized carbons (Fsp3) is 0.222. The van der Waals surface area contributed by atoms with Gasteiger partial charge in [-0.05, 0) is 36.9 Å². The fourth-order valence-electron chi connectivity index (χ4n) is 2.56. The maximum absolute atomic E-state index is 14.4. The van der Waals surface area contributed by atoms with E-state index in [4.69, 9.17) is 9.84 Å². The van der Waals surface area contributed by atoms with Crippen LogP contribution < -0.4 is 4.74 Å². The van der Waals surface area contributed by atoms with E-state index in [1.54, 1.807) is 11.4 Å². The Hall–Kier alpha value is -2.47. The highest BCUT2D eigenvalue weighted by molar-refractivity contribution is 7.17. The first-order valence-corrected chi connectivity index (χ1v) is 8.29. The molecular weight excluding hydrogens is 329 g/mol. The van der Waals surface area contributed by atoms with Crippen LogP contribution in [-0.4, -0.2) is 16.1 Å². The van der Waals surface area contributed by atoms with Crippen molar-refractivity contribution in [3.63, 3.8) is 0 Å². The number of benzene rings is 1. The van der Waals surface area contributed by atoms with Crippen LogP contribution in [0.15, 0.2) is 29.6 Å². The Balaban J connectivity index is 1.84. The van der Waals surface area contributed by atoms with Gasteiger partial charge >= 0.3 is 5.97 Å². The van der Waals surface area contributed by atoms with Crippen molar-refractivity contribution < 1.29 is 19.0 Å². The molecule has 0 unspecified atom stereocenters. The molecule has 24 heavy (non-hydrogen) atoms. The lowest BCUT2D eigenvalue weighted by Crippen LogP contribution is -2.01. The minimum absolute atomic E-state index is 0.189. The number of thiophene rings is 1. The molecule has 0 aliphatic rings. The largest absolute Gasteiger partial charge is 0.489 e. The number of carboxylic acids is 1. The summed E-state index contributed by atoms with van der Waals surface area (Å²) in [7, 11) is 0. The van der Waals surface area contributed by atoms with Crippen molar-refractivity contribution in [2.75, 3.05) is 0 Å². The van der Waals surface area contributed by atoms with Crippen molar-refractivity contribution in [1.82, 2.24) is 4.98 Å². The molecule has 3 aromatic rings. The summed E-state index contributed by atoms with van der Waals surface area (Å²) in [6.45, 7) is 4.14. The average Bonchev–Trinajstić information content (AvgIpc) is 2.89. The fourth-order valence-corrected chi connectivity index (χ4v) is 3.56. The van der Waals surface area contributed by atoms with Gasteiger partial charge in [0.15, 0.2) is 0 Å². The highest BCUT2D eigenvalue weighted by atomic mass is 32.1. The van der Waals surface area contributed by atoms with Gasteiger partial charge in [0.05, 0.1) is 6.42 Å². The van der Waals surface area contributed by atoms with E-state index in [2.05, 4.69) is 4.98 Å². The third-order valence-electron chi connectivity index (χ3n) is 3.75. The van der Waals surface area contributed by atoms with Crippen LogP contribution in [0.3, 0.4) is 0 Å². The minimum atomic E-state index is -0.975. The molecule has 0 saturated carbocycles. The number of carboxylic acid groups (broad SMARTS) is 1. The smallest absolute Gasteiger partial charge is 0.307 e. The summed E-state index contributed by atoms with van der Waals surface area (Å²) in [6.07, 6.45) is -0.189. The first kappa shape index (κ1) is 16.4. The van der Waals surface area contributed by atoms with Crippen LogP contribution in [-0.2, 0) is 17.8 Å². The highest BCUT2D eigenvalue weighted by Crippen LogP contribution is 2.33. The standard InChI is InChI=1S/C18H16FNO3S/c1-10-3-4-12(11(2)20-10)8-23-14-6-15(19)18-13(5-17(21)22)9-24-16(18)7-14/h3-4,6-7,9H,5,8H2,1-2H3,(H,21,22). The van der Waals surface area contributed by atoms with Crippen molar-refractivity contribution in [1.29, 1.82) is 0 Å². The Kier molecular flexibility index (Phi) is 4.49. The molecule has 4 nitrogen and oxygen atoms in total. The van der Waals surface area contributed by atoms with E-state index < -0.39 is 11.8 Å². The number of hydrogen-bond donors (Lipinski definition) is 1. The van der Waals surface area contributed by atoms with Gasteiger partial charge in [0, 0.05) is 33.1 Å². The molecule has 0 aliphatic heterocycles. The van der Waals surface area contributed by atoms with Gasteiger partial charge < -0.3 is 9.84 Å². The van der Waals surface area contributed by atoms with Gasteiger partial charge in [0.25, 0.3) is 0 Å². The van der Waals surface area contributed by atoms with Crippen LogP contribution in [0.5, 0.6) is 5.75 Å². The summed E-state index contributed by atoms with van der Waals surface area (Å²) in [5, 5.41) is 10.9. The zero-order chi connectivity index (χ0) is 17.3. The van der Waals surface area contributed by atoms with Crippen LogP contribution in [0.2, 0.25) is 0 Å². The Morgan fingerprint density at radius 2 is 2.08 bits per heavy atom. The zero-order valence-electron chi connectivity index (χ0n) is 13.3. The molecule has 1 N–H and O–H groups in total. The summed E-state index contributed by atoms with van der Waals surface area (Å²) in [5.74, 6) is -1.01. The molecule has 3 rings (SSSR count). The highest BCUT2D eigenvalue weighted by Gasteiger charge is 2.14. The van der Waals surface area contributed by atoms with Gasteiger partial charge in [-0.3, -0.25) is 9.78 Å². The van der Waals surface area contributed by atoms with Gasteiger partial charge in [-0.15, -0.1) is 11.3 Å². The van der Waals surface area contributed by atoms with E-state index in [0.29, 0.717) is 28.0 Å². The average molecular weight is 345 g/mol. The molecule has 0 aliphatic carbocycles. The number of ether oxygens (including phenoxy) is 1. The summed E-state index contributed by atoms with van der Waals surface area (Å²) < 4.78 is 20.8. The molecule has 6 heteroatoms. The summed E-state index contributed by atoms with van der Waals surface area (Å²) in [5.41, 5.74) is 3.26. The van der Waals surface area contributed by atoms with E-state index in [0.717, 1.165) is 17.0 Å². The number of aromatic nitrogens is 1. The number of pyridine rings is 1. The Morgan fingerprint density at radius 3 is 2.79 bits per heavy atom. The lowest BCUT2D eigenvalue weighted by Gasteiger charge is -2.09. The van der Waals surface area contributed by atoms with Crippen molar-refractivity contribution in [3.8, 4) is 5.75 Å². The van der Waals surface area contributed by atoms with Crippen LogP contribution in [0, 0.1) is 19.7 Å². The normalized spacial score (nSPS) is 11.0. The minimum Gasteiger partial charge on any atom is -0.489 e. The second-order valence-electron chi connectivity index (χ2n) is 5.60. The van der Waals surface area contributed by atoms with E-state index in [1.807, 2.05) is 26.0 Å². The van der Waals surface area contributed by atoms with Crippen molar-refractivity contribution in [3.05, 3.63) is 58.0 Å². The van der Waals surface area contributed by atoms with E-state index in [9.17, 15) is 9.18 Å². The second kappa shape index (κ2) is 6.57. The number of carbonyl (C=O) groups is 1. The molecule has 0 radical (unpaired) electrons. The number of nitrogens with zero attached hydrogens (tertiary/aromatic N) is 1. The first-order chi connectivity index (χ1) is 11.4. The van der Waals surface area contributed by atoms with Gasteiger partial charge in [0.2, 0.25) is 0 Å². The van der Waals surface area contributed by atoms with Crippen LogP contribution in [0.4, 0.5) is 4.39 Å². The van der Waals surface area contributed by atoms with E-state index >= 15 is 0 Å². The van der Waals surface area contributed by atoms with Crippen LogP contribution >= 0.6 is 11.3 Å². The van der Waals surface area contributed by atoms with E-state index in [-0.39, 0.29) is 6.42 Å². The zero-order valence-corrected chi connectivity index (χ0v) is 14.1. The van der Waals surface area contributed by atoms with Gasteiger partial charge in [-0.25, -0.2) is 4.39 Å². The quantitative estimate of drug-likeness (QED) is 0.751. The summed E-state index contributed by atoms with van der Waals surface area (Å²) in [4.78, 5) is 15.2. The molecule has 0 saturated heterocycles. The molecule has 2 aromatic heterocycles. The van der Waals surface area contributed by atoms with Gasteiger partial charge in [-0.2, -0.15) is 0 Å². The van der Waals surface area contributed by atoms with Gasteiger partial charge in [0.1, 0.15) is 18.2 Å². The number of fused-ring (bicyclic) bond motifs is 1. The third kappa shape index (κ3) is 3.38. The summed E-state index contributed by atoms with van der Waals surface area (Å²) in [6, 6.07) is 6.90. The number of aryl methyl sites for hydroxylation is 2. The van der Waals surface area contributed by atoms with Gasteiger partial charge in [-0.1, -0.05) is 6.07 Å². The molecule has 1 aromatic carbocycles. The van der Waals surface area contributed by atoms with Crippen LogP contribution in [0.25, 0.3) is 10.1 Å². The van der Waals surface area contributed by atoms with Crippen LogP contribution in [0.1, 0.15) is 22.5 Å². The monoisotopic (exact) mass is 345 g/mol. The predicted octanol–water partition coefficient (Wildman–Crippen LogP) is 4.26. The summed E-state index contributed by atoms with van der Waals surface area (Å²) >= 11 is 1.32. The SMILES string of the molecule is Cc1ccc(COc2cc(F)c3c(CC(=O)O)csc3c2)c(C)n1. The maximum atomic E-state index is 14.4. The Bertz CT molecular complexity index is 920. The molecule has 0 fully saturated rings. The first-order valence-electron chi connectivity index (χ1n) is 7.41. The predicted molar refractivity (Wildman–Crippen MR) is 91.2 cm³/mol. The number of aliphatic carboxylic acids is 1.